The summed E-state index contributed by atoms with van der Waals surface area (Å²) in [5.41, 5.74) is 9.49. The molecule has 2 N–H and O–H groups in total. The molecule has 0 aliphatic heterocycles. The Morgan fingerprint density at radius 1 is 1.02 bits per heavy atom. The highest BCUT2D eigenvalue weighted by Gasteiger charge is 2.68. The van der Waals surface area contributed by atoms with Gasteiger partial charge in [0.2, 0.25) is 11.7 Å². The predicted molar refractivity (Wildman–Crippen MR) is 155 cm³/mol. The maximum absolute atomic E-state index is 13.4. The molecule has 6 atom stereocenters. The molecule has 0 radical (unpaired) electrons. The van der Waals surface area contributed by atoms with Gasteiger partial charge in [-0.3, -0.25) is 9.59 Å². The molecule has 3 fully saturated rings. The minimum absolute atomic E-state index is 0.0484. The van der Waals surface area contributed by atoms with Crippen molar-refractivity contribution >= 4 is 17.8 Å². The second-order valence-electron chi connectivity index (χ2n) is 14.6. The van der Waals surface area contributed by atoms with Crippen LogP contribution in [0.1, 0.15) is 107 Å². The van der Waals surface area contributed by atoms with Crippen LogP contribution in [0.4, 0.5) is 4.79 Å². The number of ether oxygens (including phenoxy) is 2. The number of primary amides is 1. The summed E-state index contributed by atoms with van der Waals surface area (Å²) in [5, 5.41) is 0. The van der Waals surface area contributed by atoms with Gasteiger partial charge in [0.15, 0.2) is 5.76 Å². The summed E-state index contributed by atoms with van der Waals surface area (Å²) in [7, 11) is 0. The number of fused-ring (bicyclic) bond motifs is 7. The van der Waals surface area contributed by atoms with Crippen molar-refractivity contribution in [1.29, 1.82) is 0 Å². The molecule has 0 bridgehead atoms. The first-order valence-corrected chi connectivity index (χ1v) is 15.2. The van der Waals surface area contributed by atoms with Gasteiger partial charge in [0.25, 0.3) is 0 Å². The third kappa shape index (κ3) is 3.84. The quantitative estimate of drug-likeness (QED) is 0.367. The van der Waals surface area contributed by atoms with Crippen LogP contribution >= 0.6 is 0 Å². The van der Waals surface area contributed by atoms with Crippen molar-refractivity contribution in [3.63, 3.8) is 0 Å². The van der Waals surface area contributed by atoms with Gasteiger partial charge >= 0.3 is 6.16 Å². The van der Waals surface area contributed by atoms with Crippen LogP contribution in [0.2, 0.25) is 0 Å². The van der Waals surface area contributed by atoms with E-state index in [0.717, 1.165) is 62.5 Å². The zero-order chi connectivity index (χ0) is 29.5. The SMILES string of the molecule is CC[C@@]12CC[C@@]3(C)C4=CC(=O)C(OC(=O)OC(C)C)=C(C)C4=CC=C3[C@@]1(C)CC[C@@]1(C)CC[C@@](C)(C(N)=O)C[C@H]12. The monoisotopic (exact) mass is 549 g/mol. The van der Waals surface area contributed by atoms with Crippen LogP contribution in [0.15, 0.2) is 46.3 Å². The summed E-state index contributed by atoms with van der Waals surface area (Å²) in [6, 6.07) is 0. The van der Waals surface area contributed by atoms with Gasteiger partial charge in [-0.1, -0.05) is 52.3 Å². The molecule has 0 aromatic carbocycles. The standard InChI is InChI=1S/C34H47NO5/c1-9-34-17-15-32(7)23-18-24(36)27(40-29(38)39-20(2)3)21(4)22(23)10-11-25(32)33(34,8)16-14-30(5)12-13-31(6,28(35)37)19-26(30)34/h10-11,18,20,26H,9,12-17,19H2,1-8H3,(H2,35,37)/t26-,30-,31-,32+,33-,34+/m1/s1. The van der Waals surface area contributed by atoms with Gasteiger partial charge in [0, 0.05) is 16.4 Å². The molecule has 0 spiro atoms. The van der Waals surface area contributed by atoms with E-state index in [2.05, 4.69) is 46.8 Å². The number of carbonyl (C=O) groups excluding carboxylic acids is 3. The number of nitrogens with two attached hydrogens (primary N) is 1. The van der Waals surface area contributed by atoms with Crippen LogP contribution < -0.4 is 5.73 Å². The summed E-state index contributed by atoms with van der Waals surface area (Å²) in [5.74, 6) is 0.00135. The lowest BCUT2D eigenvalue weighted by Crippen LogP contribution is -2.63. The molecule has 6 heteroatoms. The topological polar surface area (TPSA) is 95.7 Å². The molecular weight excluding hydrogens is 502 g/mol. The number of amides is 1. The number of allylic oxidation sites excluding steroid dienone is 7. The smallest absolute Gasteiger partial charge is 0.431 e. The molecule has 0 saturated heterocycles. The van der Waals surface area contributed by atoms with E-state index in [0.29, 0.717) is 11.5 Å². The van der Waals surface area contributed by atoms with E-state index in [1.807, 2.05) is 6.92 Å². The molecule has 3 saturated carbocycles. The van der Waals surface area contributed by atoms with Gasteiger partial charge in [-0.05, 0) is 112 Å². The Morgan fingerprint density at radius 2 is 1.70 bits per heavy atom. The van der Waals surface area contributed by atoms with Gasteiger partial charge in [-0.15, -0.1) is 0 Å². The maximum Gasteiger partial charge on any atom is 0.514 e. The molecule has 5 aliphatic carbocycles. The van der Waals surface area contributed by atoms with Crippen molar-refractivity contribution in [2.24, 2.45) is 38.7 Å². The third-order valence-corrected chi connectivity index (χ3v) is 12.3. The Labute approximate surface area is 239 Å². The molecular formula is C34H47NO5. The van der Waals surface area contributed by atoms with Crippen LogP contribution in [0.3, 0.4) is 0 Å². The van der Waals surface area contributed by atoms with Gasteiger partial charge in [0.1, 0.15) is 0 Å². The van der Waals surface area contributed by atoms with Crippen molar-refractivity contribution in [2.75, 3.05) is 0 Å². The number of hydrogen-bond donors (Lipinski definition) is 1. The summed E-state index contributed by atoms with van der Waals surface area (Å²) < 4.78 is 10.6. The van der Waals surface area contributed by atoms with Gasteiger partial charge in [-0.25, -0.2) is 4.79 Å². The Hall–Kier alpha value is -2.63. The number of ketones is 1. The molecule has 0 unspecified atom stereocenters. The minimum atomic E-state index is -0.855. The second kappa shape index (κ2) is 9.19. The molecule has 0 aromatic heterocycles. The fourth-order valence-electron chi connectivity index (χ4n) is 9.67. The first kappa shape index (κ1) is 28.9. The molecule has 0 aromatic rings. The van der Waals surface area contributed by atoms with E-state index in [-0.39, 0.29) is 45.2 Å². The van der Waals surface area contributed by atoms with E-state index < -0.39 is 11.6 Å². The average Bonchev–Trinajstić information content (AvgIpc) is 2.87. The number of carbonyl (C=O) groups is 3. The predicted octanol–water partition coefficient (Wildman–Crippen LogP) is 7.49. The first-order valence-electron chi connectivity index (χ1n) is 15.2. The normalized spacial score (nSPS) is 40.6. The molecule has 1 amide bonds. The third-order valence-electron chi connectivity index (χ3n) is 12.3. The summed E-state index contributed by atoms with van der Waals surface area (Å²) in [4.78, 5) is 38.3. The summed E-state index contributed by atoms with van der Waals surface area (Å²) >= 11 is 0. The van der Waals surface area contributed by atoms with Crippen molar-refractivity contribution in [3.05, 3.63) is 46.3 Å². The first-order chi connectivity index (χ1) is 18.6. The number of rotatable bonds is 4. The Kier molecular flexibility index (Phi) is 6.63. The molecule has 6 nitrogen and oxygen atoms in total. The Morgan fingerprint density at radius 3 is 2.33 bits per heavy atom. The highest BCUT2D eigenvalue weighted by Crippen LogP contribution is 2.76. The lowest BCUT2D eigenvalue weighted by Gasteiger charge is -2.71. The summed E-state index contributed by atoms with van der Waals surface area (Å²) in [6.07, 6.45) is 12.9. The Balaban J connectivity index is 1.59. The maximum atomic E-state index is 13.4. The zero-order valence-corrected chi connectivity index (χ0v) is 25.7. The van der Waals surface area contributed by atoms with E-state index >= 15 is 0 Å². The van der Waals surface area contributed by atoms with E-state index in [1.165, 1.54) is 5.57 Å². The molecule has 40 heavy (non-hydrogen) atoms. The van der Waals surface area contributed by atoms with Crippen molar-refractivity contribution < 1.29 is 23.9 Å². The van der Waals surface area contributed by atoms with E-state index in [1.54, 1.807) is 19.9 Å². The fraction of sp³-hybridized carbons (Fsp3) is 0.676. The minimum Gasteiger partial charge on any atom is -0.431 e. The van der Waals surface area contributed by atoms with Crippen LogP contribution in [-0.4, -0.2) is 23.9 Å². The zero-order valence-electron chi connectivity index (χ0n) is 25.7. The van der Waals surface area contributed by atoms with Gasteiger partial charge < -0.3 is 15.2 Å². The number of hydrogen-bond acceptors (Lipinski definition) is 5. The fourth-order valence-corrected chi connectivity index (χ4v) is 9.67. The lowest BCUT2D eigenvalue weighted by atomic mass is 9.33. The Bertz CT molecular complexity index is 1300. The van der Waals surface area contributed by atoms with Crippen LogP contribution in [0.25, 0.3) is 0 Å². The second-order valence-corrected chi connectivity index (χ2v) is 14.6. The van der Waals surface area contributed by atoms with Crippen LogP contribution in [0.5, 0.6) is 0 Å². The highest BCUT2D eigenvalue weighted by atomic mass is 16.7. The van der Waals surface area contributed by atoms with Gasteiger partial charge in [0.05, 0.1) is 6.10 Å². The highest BCUT2D eigenvalue weighted by molar-refractivity contribution is 6.08. The van der Waals surface area contributed by atoms with Crippen molar-refractivity contribution in [3.8, 4) is 0 Å². The molecule has 5 aliphatic rings. The van der Waals surface area contributed by atoms with Gasteiger partial charge in [-0.2, -0.15) is 0 Å². The summed E-state index contributed by atoms with van der Waals surface area (Å²) in [6.45, 7) is 17.0. The molecule has 0 heterocycles. The van der Waals surface area contributed by atoms with Crippen LogP contribution in [0, 0.1) is 33.0 Å². The average molecular weight is 550 g/mol. The van der Waals surface area contributed by atoms with E-state index in [4.69, 9.17) is 15.2 Å². The van der Waals surface area contributed by atoms with E-state index in [9.17, 15) is 14.4 Å². The van der Waals surface area contributed by atoms with Crippen molar-refractivity contribution in [2.45, 2.75) is 113 Å². The lowest BCUT2D eigenvalue weighted by molar-refractivity contribution is -0.176. The molecule has 5 rings (SSSR count). The largest absolute Gasteiger partial charge is 0.514 e. The molecule has 218 valence electrons. The van der Waals surface area contributed by atoms with Crippen LogP contribution in [-0.2, 0) is 19.1 Å². The van der Waals surface area contributed by atoms with Crippen molar-refractivity contribution in [1.82, 2.24) is 0 Å².